The van der Waals surface area contributed by atoms with Crippen LogP contribution in [0, 0.1) is 18.7 Å². The highest BCUT2D eigenvalue weighted by atomic mass is 19.1. The molecular weight excluding hydrogens is 387 g/mol. The summed E-state index contributed by atoms with van der Waals surface area (Å²) in [7, 11) is 0. The van der Waals surface area contributed by atoms with Gasteiger partial charge in [0.25, 0.3) is 11.5 Å². The van der Waals surface area contributed by atoms with Gasteiger partial charge in [-0.3, -0.25) is 14.2 Å². The van der Waals surface area contributed by atoms with Crippen LogP contribution in [0.1, 0.15) is 34.5 Å². The second kappa shape index (κ2) is 8.06. The first kappa shape index (κ1) is 19.8. The predicted molar refractivity (Wildman–Crippen MR) is 109 cm³/mol. The van der Waals surface area contributed by atoms with E-state index in [0.29, 0.717) is 12.5 Å². The molecule has 8 heteroatoms. The summed E-state index contributed by atoms with van der Waals surface area (Å²) in [5.41, 5.74) is -0.0220. The summed E-state index contributed by atoms with van der Waals surface area (Å²) in [6.45, 7) is 2.36. The van der Waals surface area contributed by atoms with Crippen molar-refractivity contribution >= 4 is 5.91 Å². The molecule has 4 rings (SSSR count). The van der Waals surface area contributed by atoms with E-state index in [1.807, 2.05) is 19.1 Å². The standard InChI is InChI=1S/C22H21FN4O3/c1-14-5-7-16(8-6-14)13-26-21(29)19(20(28)24-12-15-9-10-15)25-27(22(26)30)18-4-2-3-17(23)11-18/h2-8,11,15H,9-10,12-13H2,1H3,(H,24,28). The first-order chi connectivity index (χ1) is 14.4. The molecule has 1 aromatic heterocycles. The molecule has 1 aliphatic rings. The van der Waals surface area contributed by atoms with Crippen LogP contribution >= 0.6 is 0 Å². The number of carbonyl (C=O) groups excluding carboxylic acids is 1. The molecule has 0 radical (unpaired) electrons. The van der Waals surface area contributed by atoms with Crippen molar-refractivity contribution in [2.45, 2.75) is 26.3 Å². The molecule has 0 aliphatic heterocycles. The lowest BCUT2D eigenvalue weighted by atomic mass is 10.1. The number of aromatic nitrogens is 3. The van der Waals surface area contributed by atoms with Gasteiger partial charge in [-0.1, -0.05) is 35.9 Å². The second-order valence-corrected chi connectivity index (χ2v) is 7.55. The Morgan fingerprint density at radius 1 is 1.17 bits per heavy atom. The highest BCUT2D eigenvalue weighted by Gasteiger charge is 2.25. The molecule has 30 heavy (non-hydrogen) atoms. The van der Waals surface area contributed by atoms with Crippen LogP contribution in [0.2, 0.25) is 0 Å². The number of carbonyl (C=O) groups is 1. The molecule has 154 valence electrons. The lowest BCUT2D eigenvalue weighted by Gasteiger charge is -2.12. The number of benzene rings is 2. The largest absolute Gasteiger partial charge is 0.352 e. The Kier molecular flexibility index (Phi) is 5.31. The van der Waals surface area contributed by atoms with Crippen molar-refractivity contribution in [3.63, 3.8) is 0 Å². The summed E-state index contributed by atoms with van der Waals surface area (Å²) in [5, 5.41) is 6.70. The molecule has 0 bridgehead atoms. The van der Waals surface area contributed by atoms with Gasteiger partial charge >= 0.3 is 5.69 Å². The minimum atomic E-state index is -0.776. The van der Waals surface area contributed by atoms with Crippen molar-refractivity contribution < 1.29 is 9.18 Å². The van der Waals surface area contributed by atoms with Gasteiger partial charge in [0.05, 0.1) is 12.2 Å². The summed E-state index contributed by atoms with van der Waals surface area (Å²) >= 11 is 0. The number of nitrogens with zero attached hydrogens (tertiary/aromatic N) is 3. The maximum Gasteiger partial charge on any atom is 0.352 e. The number of aryl methyl sites for hydroxylation is 1. The van der Waals surface area contributed by atoms with Gasteiger partial charge < -0.3 is 5.32 Å². The van der Waals surface area contributed by atoms with Gasteiger partial charge in [-0.15, -0.1) is 0 Å². The molecule has 1 saturated carbocycles. The first-order valence-electron chi connectivity index (χ1n) is 9.76. The number of halogens is 1. The molecule has 1 heterocycles. The molecule has 0 unspecified atom stereocenters. The molecule has 0 atom stereocenters. The van der Waals surface area contributed by atoms with Crippen molar-refractivity contribution in [1.82, 2.24) is 19.7 Å². The highest BCUT2D eigenvalue weighted by Crippen LogP contribution is 2.27. The summed E-state index contributed by atoms with van der Waals surface area (Å²) in [4.78, 5) is 38.6. The van der Waals surface area contributed by atoms with E-state index in [2.05, 4.69) is 10.4 Å². The topological polar surface area (TPSA) is 86.0 Å². The van der Waals surface area contributed by atoms with Crippen LogP contribution in [0.4, 0.5) is 4.39 Å². The maximum atomic E-state index is 13.7. The normalized spacial score (nSPS) is 13.3. The van der Waals surface area contributed by atoms with Gasteiger partial charge in [0.2, 0.25) is 5.69 Å². The second-order valence-electron chi connectivity index (χ2n) is 7.55. The Morgan fingerprint density at radius 2 is 1.90 bits per heavy atom. The van der Waals surface area contributed by atoms with Gasteiger partial charge in [0.1, 0.15) is 5.82 Å². The predicted octanol–water partition coefficient (Wildman–Crippen LogP) is 2.03. The molecular formula is C22H21FN4O3. The van der Waals surface area contributed by atoms with Crippen LogP contribution in [0.25, 0.3) is 5.69 Å². The highest BCUT2D eigenvalue weighted by molar-refractivity contribution is 5.91. The Hall–Kier alpha value is -3.55. The number of nitrogens with one attached hydrogen (secondary N) is 1. The first-order valence-corrected chi connectivity index (χ1v) is 9.76. The quantitative estimate of drug-likeness (QED) is 0.676. The molecule has 0 spiro atoms. The third-order valence-corrected chi connectivity index (χ3v) is 5.04. The molecule has 1 N–H and O–H groups in total. The van der Waals surface area contributed by atoms with Crippen LogP contribution in [0.3, 0.4) is 0 Å². The van der Waals surface area contributed by atoms with Crippen molar-refractivity contribution in [1.29, 1.82) is 0 Å². The third kappa shape index (κ3) is 4.22. The van der Waals surface area contributed by atoms with E-state index in [1.54, 1.807) is 12.1 Å². The molecule has 1 amide bonds. The van der Waals surface area contributed by atoms with Crippen molar-refractivity contribution in [3.05, 3.63) is 92.0 Å². The monoisotopic (exact) mass is 408 g/mol. The lowest BCUT2D eigenvalue weighted by molar-refractivity contribution is 0.0942. The summed E-state index contributed by atoms with van der Waals surface area (Å²) < 4.78 is 15.6. The van der Waals surface area contributed by atoms with Crippen molar-refractivity contribution in [3.8, 4) is 5.69 Å². The maximum absolute atomic E-state index is 13.7. The smallest absolute Gasteiger partial charge is 0.350 e. The fourth-order valence-electron chi connectivity index (χ4n) is 3.09. The molecule has 7 nitrogen and oxygen atoms in total. The minimum absolute atomic E-state index is 0.0291. The molecule has 1 fully saturated rings. The van der Waals surface area contributed by atoms with E-state index in [4.69, 9.17) is 0 Å². The van der Waals surface area contributed by atoms with E-state index < -0.39 is 28.7 Å². The molecule has 2 aromatic carbocycles. The fourth-order valence-corrected chi connectivity index (χ4v) is 3.09. The number of hydrogen-bond acceptors (Lipinski definition) is 4. The number of hydrogen-bond donors (Lipinski definition) is 1. The summed E-state index contributed by atoms with van der Waals surface area (Å²) in [6.07, 6.45) is 2.07. The van der Waals surface area contributed by atoms with Crippen molar-refractivity contribution in [2.24, 2.45) is 5.92 Å². The third-order valence-electron chi connectivity index (χ3n) is 5.04. The van der Waals surface area contributed by atoms with E-state index in [1.165, 1.54) is 18.2 Å². The lowest BCUT2D eigenvalue weighted by Crippen LogP contribution is -2.46. The van der Waals surface area contributed by atoms with Crippen molar-refractivity contribution in [2.75, 3.05) is 6.54 Å². The fraction of sp³-hybridized carbons (Fsp3) is 0.273. The summed E-state index contributed by atoms with van der Waals surface area (Å²) in [6, 6.07) is 12.6. The van der Waals surface area contributed by atoms with Crippen LogP contribution < -0.4 is 16.6 Å². The summed E-state index contributed by atoms with van der Waals surface area (Å²) in [5.74, 6) is -0.787. The average Bonchev–Trinajstić information content (AvgIpc) is 3.55. The van der Waals surface area contributed by atoms with Crippen LogP contribution in [-0.4, -0.2) is 26.8 Å². The van der Waals surface area contributed by atoms with Gasteiger partial charge in [-0.2, -0.15) is 9.78 Å². The SMILES string of the molecule is Cc1ccc(Cn2c(=O)c(C(=O)NCC3CC3)nn(-c3cccc(F)c3)c2=O)cc1. The Balaban J connectivity index is 1.81. The zero-order valence-electron chi connectivity index (χ0n) is 16.5. The number of amides is 1. The molecule has 1 aliphatic carbocycles. The Morgan fingerprint density at radius 3 is 2.57 bits per heavy atom. The van der Waals surface area contributed by atoms with E-state index in [9.17, 15) is 18.8 Å². The van der Waals surface area contributed by atoms with Crippen LogP contribution in [-0.2, 0) is 6.54 Å². The molecule has 3 aromatic rings. The van der Waals surface area contributed by atoms with E-state index in [0.717, 1.165) is 39.3 Å². The van der Waals surface area contributed by atoms with Crippen LogP contribution in [0.5, 0.6) is 0 Å². The van der Waals surface area contributed by atoms with E-state index >= 15 is 0 Å². The van der Waals surface area contributed by atoms with Gasteiger partial charge in [-0.05, 0) is 49.4 Å². The van der Waals surface area contributed by atoms with Gasteiger partial charge in [0, 0.05) is 6.54 Å². The number of rotatable bonds is 6. The Labute approximate surface area is 171 Å². The van der Waals surface area contributed by atoms with Crippen LogP contribution in [0.15, 0.2) is 58.1 Å². The Bertz CT molecular complexity index is 1210. The molecule has 0 saturated heterocycles. The van der Waals surface area contributed by atoms with Gasteiger partial charge in [0.15, 0.2) is 0 Å². The minimum Gasteiger partial charge on any atom is -0.350 e. The zero-order chi connectivity index (χ0) is 21.3. The van der Waals surface area contributed by atoms with E-state index in [-0.39, 0.29) is 12.2 Å². The average molecular weight is 408 g/mol. The zero-order valence-corrected chi connectivity index (χ0v) is 16.5. The van der Waals surface area contributed by atoms with Gasteiger partial charge in [-0.25, -0.2) is 9.18 Å².